The molecule has 2 aromatic rings. The molecule has 0 radical (unpaired) electrons. The number of piperidine rings is 1. The number of aromatic nitrogens is 1. The summed E-state index contributed by atoms with van der Waals surface area (Å²) in [4.78, 5) is 29.9. The van der Waals surface area contributed by atoms with Gasteiger partial charge in [0.1, 0.15) is 5.82 Å². The summed E-state index contributed by atoms with van der Waals surface area (Å²) in [7, 11) is 0. The first-order valence-electron chi connectivity index (χ1n) is 8.25. The van der Waals surface area contributed by atoms with Gasteiger partial charge in [0.15, 0.2) is 0 Å². The van der Waals surface area contributed by atoms with Gasteiger partial charge in [0.05, 0.1) is 0 Å². The molecule has 3 amide bonds. The number of hydrogen-bond acceptors (Lipinski definition) is 4. The molecule has 1 aromatic heterocycles. The zero-order valence-electron chi connectivity index (χ0n) is 13.8. The maximum absolute atomic E-state index is 12.4. The fourth-order valence-electron chi connectivity index (χ4n) is 2.94. The second kappa shape index (κ2) is 7.65. The average Bonchev–Trinajstić information content (AvgIpc) is 2.63. The van der Waals surface area contributed by atoms with E-state index in [4.69, 9.17) is 5.73 Å². The van der Waals surface area contributed by atoms with Crippen LogP contribution in [0.2, 0.25) is 0 Å². The summed E-state index contributed by atoms with van der Waals surface area (Å²) in [6, 6.07) is 12.1. The van der Waals surface area contributed by atoms with E-state index in [9.17, 15) is 9.59 Å². The Kier molecular flexibility index (Phi) is 5.13. The molecule has 1 fully saturated rings. The van der Waals surface area contributed by atoms with Crippen LogP contribution in [0.4, 0.5) is 16.3 Å². The monoisotopic (exact) mass is 339 g/mol. The van der Waals surface area contributed by atoms with Gasteiger partial charge in [-0.15, -0.1) is 0 Å². The van der Waals surface area contributed by atoms with Gasteiger partial charge in [-0.2, -0.15) is 0 Å². The van der Waals surface area contributed by atoms with Gasteiger partial charge >= 0.3 is 6.03 Å². The van der Waals surface area contributed by atoms with Crippen LogP contribution in [0.25, 0.3) is 0 Å². The van der Waals surface area contributed by atoms with Crippen LogP contribution >= 0.6 is 0 Å². The number of pyridine rings is 1. The minimum absolute atomic E-state index is 0.125. The first-order valence-corrected chi connectivity index (χ1v) is 8.25. The number of nitrogens with zero attached hydrogens (tertiary/aromatic N) is 2. The van der Waals surface area contributed by atoms with Gasteiger partial charge in [-0.1, -0.05) is 12.1 Å². The second-order valence-corrected chi connectivity index (χ2v) is 5.99. The summed E-state index contributed by atoms with van der Waals surface area (Å²) in [6.07, 6.45) is 3.51. The van der Waals surface area contributed by atoms with Gasteiger partial charge in [0.2, 0.25) is 0 Å². The lowest BCUT2D eigenvalue weighted by molar-refractivity contribution is 0.0931. The van der Waals surface area contributed by atoms with Crippen molar-refractivity contribution in [3.8, 4) is 0 Å². The second-order valence-electron chi connectivity index (χ2n) is 5.99. The van der Waals surface area contributed by atoms with Crippen molar-refractivity contribution in [3.63, 3.8) is 0 Å². The molecule has 7 heteroatoms. The number of amides is 3. The number of nitrogens with one attached hydrogen (secondary N) is 2. The number of anilines is 2. The average molecular weight is 339 g/mol. The SMILES string of the molecule is NC(=O)Nc1cccc(C(=O)NC2CCN(c3ccccn3)CC2)c1. The maximum Gasteiger partial charge on any atom is 0.316 e. The Labute approximate surface area is 146 Å². The van der Waals surface area contributed by atoms with Crippen LogP contribution in [0.15, 0.2) is 48.7 Å². The number of primary amides is 1. The van der Waals surface area contributed by atoms with Crippen LogP contribution in [0, 0.1) is 0 Å². The number of urea groups is 1. The lowest BCUT2D eigenvalue weighted by Crippen LogP contribution is -2.45. The van der Waals surface area contributed by atoms with Crippen molar-refractivity contribution >= 4 is 23.4 Å². The molecule has 0 spiro atoms. The normalized spacial score (nSPS) is 14.8. The molecule has 1 aliphatic heterocycles. The van der Waals surface area contributed by atoms with Crippen LogP contribution in [0.1, 0.15) is 23.2 Å². The highest BCUT2D eigenvalue weighted by atomic mass is 16.2. The molecule has 1 aliphatic rings. The van der Waals surface area contributed by atoms with Crippen molar-refractivity contribution < 1.29 is 9.59 Å². The molecule has 130 valence electrons. The van der Waals surface area contributed by atoms with Gasteiger partial charge in [-0.05, 0) is 43.2 Å². The van der Waals surface area contributed by atoms with E-state index in [0.29, 0.717) is 11.3 Å². The number of nitrogens with two attached hydrogens (primary N) is 1. The van der Waals surface area contributed by atoms with Crippen LogP contribution in [0.3, 0.4) is 0 Å². The summed E-state index contributed by atoms with van der Waals surface area (Å²) in [6.45, 7) is 1.70. The van der Waals surface area contributed by atoms with Gasteiger partial charge in [-0.25, -0.2) is 9.78 Å². The standard InChI is InChI=1S/C18H21N5O2/c19-18(25)22-15-5-3-4-13(12-15)17(24)21-14-7-10-23(11-8-14)16-6-1-2-9-20-16/h1-6,9,12,14H,7-8,10-11H2,(H,21,24)(H3,19,22,25). The molecule has 0 bridgehead atoms. The molecule has 0 aliphatic carbocycles. The van der Waals surface area contributed by atoms with Crippen LogP contribution < -0.4 is 21.3 Å². The zero-order chi connectivity index (χ0) is 17.6. The molecule has 0 atom stereocenters. The summed E-state index contributed by atoms with van der Waals surface area (Å²) in [5, 5.41) is 5.53. The zero-order valence-corrected chi connectivity index (χ0v) is 13.8. The first kappa shape index (κ1) is 16.8. The minimum Gasteiger partial charge on any atom is -0.356 e. The highest BCUT2D eigenvalue weighted by Gasteiger charge is 2.21. The van der Waals surface area contributed by atoms with E-state index in [0.717, 1.165) is 31.7 Å². The number of carbonyl (C=O) groups is 2. The van der Waals surface area contributed by atoms with Crippen molar-refractivity contribution in [2.75, 3.05) is 23.3 Å². The fourth-order valence-corrected chi connectivity index (χ4v) is 2.94. The molecule has 3 rings (SSSR count). The van der Waals surface area contributed by atoms with Gasteiger partial charge < -0.3 is 21.3 Å². The van der Waals surface area contributed by atoms with Crippen molar-refractivity contribution in [2.45, 2.75) is 18.9 Å². The van der Waals surface area contributed by atoms with Crippen molar-refractivity contribution in [1.29, 1.82) is 0 Å². The van der Waals surface area contributed by atoms with Crippen LogP contribution in [-0.2, 0) is 0 Å². The number of carbonyl (C=O) groups excluding carboxylic acids is 2. The summed E-state index contributed by atoms with van der Waals surface area (Å²) in [5.74, 6) is 0.821. The predicted molar refractivity (Wildman–Crippen MR) is 96.6 cm³/mol. The summed E-state index contributed by atoms with van der Waals surface area (Å²) in [5.41, 5.74) is 6.10. The van der Waals surface area contributed by atoms with E-state index in [-0.39, 0.29) is 11.9 Å². The van der Waals surface area contributed by atoms with Crippen LogP contribution in [0.5, 0.6) is 0 Å². The van der Waals surface area contributed by atoms with Crippen molar-refractivity contribution in [3.05, 3.63) is 54.2 Å². The topological polar surface area (TPSA) is 100 Å². The molecule has 7 nitrogen and oxygen atoms in total. The Morgan fingerprint density at radius 1 is 1.12 bits per heavy atom. The van der Waals surface area contributed by atoms with Crippen LogP contribution in [-0.4, -0.2) is 36.1 Å². The summed E-state index contributed by atoms with van der Waals surface area (Å²) >= 11 is 0. The van der Waals surface area contributed by atoms with E-state index in [1.54, 1.807) is 30.5 Å². The Balaban J connectivity index is 1.55. The van der Waals surface area contributed by atoms with Crippen molar-refractivity contribution in [1.82, 2.24) is 10.3 Å². The van der Waals surface area contributed by atoms with E-state index in [2.05, 4.69) is 20.5 Å². The van der Waals surface area contributed by atoms with E-state index < -0.39 is 6.03 Å². The molecule has 1 aromatic carbocycles. The Morgan fingerprint density at radius 2 is 1.92 bits per heavy atom. The molecule has 1 saturated heterocycles. The largest absolute Gasteiger partial charge is 0.356 e. The third-order valence-electron chi connectivity index (χ3n) is 4.20. The number of hydrogen-bond donors (Lipinski definition) is 3. The Morgan fingerprint density at radius 3 is 2.60 bits per heavy atom. The highest BCUT2D eigenvalue weighted by Crippen LogP contribution is 2.18. The number of benzene rings is 1. The predicted octanol–water partition coefficient (Wildman–Crippen LogP) is 1.97. The molecule has 2 heterocycles. The summed E-state index contributed by atoms with van der Waals surface area (Å²) < 4.78 is 0. The number of rotatable bonds is 4. The lowest BCUT2D eigenvalue weighted by Gasteiger charge is -2.33. The van der Waals surface area contributed by atoms with E-state index in [1.807, 2.05) is 18.2 Å². The molecular formula is C18H21N5O2. The van der Waals surface area contributed by atoms with Gasteiger partial charge in [0, 0.05) is 36.6 Å². The maximum atomic E-state index is 12.4. The molecule has 0 unspecified atom stereocenters. The van der Waals surface area contributed by atoms with E-state index >= 15 is 0 Å². The Bertz CT molecular complexity index is 742. The lowest BCUT2D eigenvalue weighted by atomic mass is 10.0. The molecule has 4 N–H and O–H groups in total. The van der Waals surface area contributed by atoms with Gasteiger partial charge in [-0.3, -0.25) is 4.79 Å². The Hall–Kier alpha value is -3.09. The minimum atomic E-state index is -0.653. The third kappa shape index (κ3) is 4.47. The van der Waals surface area contributed by atoms with E-state index in [1.165, 1.54) is 0 Å². The first-order chi connectivity index (χ1) is 12.1. The quantitative estimate of drug-likeness (QED) is 0.793. The highest BCUT2D eigenvalue weighted by molar-refractivity contribution is 5.96. The fraction of sp³-hybridized carbons (Fsp3) is 0.278. The molecular weight excluding hydrogens is 318 g/mol. The van der Waals surface area contributed by atoms with Gasteiger partial charge in [0.25, 0.3) is 5.91 Å². The molecule has 0 saturated carbocycles. The molecule has 25 heavy (non-hydrogen) atoms. The smallest absolute Gasteiger partial charge is 0.316 e. The van der Waals surface area contributed by atoms with Crippen molar-refractivity contribution in [2.24, 2.45) is 5.73 Å². The third-order valence-corrected chi connectivity index (χ3v) is 4.20.